The Balaban J connectivity index is 2.91. The molecular formula is C7H10N2O2S. The monoisotopic (exact) mass is 186 g/mol. The number of allylic oxidation sites excluding steroid dienone is 1. The highest BCUT2D eigenvalue weighted by Crippen LogP contribution is 2.05. The second-order valence-corrected chi connectivity index (χ2v) is 3.37. The summed E-state index contributed by atoms with van der Waals surface area (Å²) in [6.45, 7) is 1.98. The van der Waals surface area contributed by atoms with Crippen LogP contribution in [0.2, 0.25) is 0 Å². The third-order valence-electron chi connectivity index (χ3n) is 1.63. The van der Waals surface area contributed by atoms with Crippen LogP contribution in [0.5, 0.6) is 0 Å². The second kappa shape index (κ2) is 3.53. The van der Waals surface area contributed by atoms with Crippen LogP contribution in [0.15, 0.2) is 16.9 Å². The first-order chi connectivity index (χ1) is 5.59. The van der Waals surface area contributed by atoms with Crippen LogP contribution in [-0.4, -0.2) is 38.0 Å². The molecule has 0 aliphatic carbocycles. The summed E-state index contributed by atoms with van der Waals surface area (Å²) in [5, 5.41) is 1.08. The maximum absolute atomic E-state index is 10.3. The van der Waals surface area contributed by atoms with Gasteiger partial charge >= 0.3 is 0 Å². The summed E-state index contributed by atoms with van der Waals surface area (Å²) in [5.41, 5.74) is 0.462. The van der Waals surface area contributed by atoms with Gasteiger partial charge < -0.3 is 4.90 Å². The van der Waals surface area contributed by atoms with Crippen LogP contribution in [0.25, 0.3) is 0 Å². The van der Waals surface area contributed by atoms with Gasteiger partial charge in [0.1, 0.15) is 0 Å². The molecule has 1 heterocycles. The molecule has 0 fully saturated rings. The molecule has 4 nitrogen and oxygen atoms in total. The summed E-state index contributed by atoms with van der Waals surface area (Å²) < 4.78 is 20.5. The summed E-state index contributed by atoms with van der Waals surface area (Å²) in [5.74, 6) is 0. The Labute approximate surface area is 72.7 Å². The van der Waals surface area contributed by atoms with E-state index in [-0.39, 0.29) is 6.04 Å². The van der Waals surface area contributed by atoms with E-state index in [1.807, 2.05) is 18.9 Å². The van der Waals surface area contributed by atoms with Gasteiger partial charge in [-0.15, -0.1) is 0 Å². The van der Waals surface area contributed by atoms with E-state index in [4.69, 9.17) is 0 Å². The molecule has 0 spiro atoms. The van der Waals surface area contributed by atoms with Gasteiger partial charge in [-0.1, -0.05) is 0 Å². The zero-order chi connectivity index (χ0) is 9.14. The van der Waals surface area contributed by atoms with Gasteiger partial charge in [0.2, 0.25) is 10.3 Å². The lowest BCUT2D eigenvalue weighted by atomic mass is 10.3. The minimum Gasteiger partial charge on any atom is -0.371 e. The van der Waals surface area contributed by atoms with Crippen molar-refractivity contribution in [1.29, 1.82) is 0 Å². The molecule has 0 aromatic carbocycles. The Morgan fingerprint density at radius 1 is 1.67 bits per heavy atom. The summed E-state index contributed by atoms with van der Waals surface area (Å²) in [6, 6.07) is 0.224. The highest BCUT2D eigenvalue weighted by Gasteiger charge is 2.07. The Morgan fingerprint density at radius 3 is 2.83 bits per heavy atom. The highest BCUT2D eigenvalue weighted by atomic mass is 32.2. The lowest BCUT2D eigenvalue weighted by molar-refractivity contribution is 0.424. The summed E-state index contributed by atoms with van der Waals surface area (Å²) in [6.07, 6.45) is 3.40. The Hall–Kier alpha value is -1.10. The molecule has 0 saturated heterocycles. The maximum atomic E-state index is 10.3. The molecule has 1 rings (SSSR count). The van der Waals surface area contributed by atoms with Gasteiger partial charge in [-0.25, -0.2) is 0 Å². The van der Waals surface area contributed by atoms with Crippen molar-refractivity contribution in [3.63, 3.8) is 0 Å². The molecule has 1 unspecified atom stereocenters. The lowest BCUT2D eigenvalue weighted by Crippen LogP contribution is -2.28. The minimum atomic E-state index is -2.17. The van der Waals surface area contributed by atoms with E-state index in [1.54, 1.807) is 12.4 Å². The van der Waals surface area contributed by atoms with Gasteiger partial charge in [0.25, 0.3) is 0 Å². The lowest BCUT2D eigenvalue weighted by Gasteiger charge is -2.22. The molecule has 66 valence electrons. The first-order valence-corrected chi connectivity index (χ1v) is 4.64. The van der Waals surface area contributed by atoms with Crippen molar-refractivity contribution >= 4 is 21.9 Å². The average Bonchev–Trinajstić information content (AvgIpc) is 1.96. The van der Waals surface area contributed by atoms with Crippen LogP contribution in [0.4, 0.5) is 0 Å². The molecule has 0 saturated carbocycles. The molecule has 5 heteroatoms. The zero-order valence-electron chi connectivity index (χ0n) is 6.93. The van der Waals surface area contributed by atoms with Crippen molar-refractivity contribution in [1.82, 2.24) is 4.90 Å². The van der Waals surface area contributed by atoms with Crippen molar-refractivity contribution in [3.8, 4) is 0 Å². The van der Waals surface area contributed by atoms with Gasteiger partial charge in [-0.3, -0.25) is 4.99 Å². The molecule has 0 amide bonds. The Morgan fingerprint density at radius 2 is 2.33 bits per heavy atom. The van der Waals surface area contributed by atoms with Gasteiger partial charge in [0.15, 0.2) is 0 Å². The van der Waals surface area contributed by atoms with Gasteiger partial charge in [-0.05, 0) is 6.92 Å². The van der Waals surface area contributed by atoms with Crippen LogP contribution in [0.3, 0.4) is 0 Å². The fraction of sp³-hybridized carbons (Fsp3) is 0.429. The topological polar surface area (TPSA) is 49.7 Å². The smallest absolute Gasteiger partial charge is 0.216 e. The van der Waals surface area contributed by atoms with E-state index in [0.29, 0.717) is 5.70 Å². The van der Waals surface area contributed by atoms with E-state index in [2.05, 4.69) is 4.99 Å². The largest absolute Gasteiger partial charge is 0.371 e. The van der Waals surface area contributed by atoms with Crippen LogP contribution in [-0.2, 0) is 10.3 Å². The van der Waals surface area contributed by atoms with E-state index in [9.17, 15) is 8.42 Å². The van der Waals surface area contributed by atoms with Gasteiger partial charge in [-0.2, -0.15) is 8.42 Å². The molecule has 1 atom stereocenters. The van der Waals surface area contributed by atoms with Crippen molar-refractivity contribution in [2.24, 2.45) is 4.99 Å². The number of aliphatic imine (C=N–C) groups is 1. The van der Waals surface area contributed by atoms with Crippen LogP contribution >= 0.6 is 0 Å². The van der Waals surface area contributed by atoms with Gasteiger partial charge in [0, 0.05) is 19.5 Å². The number of rotatable bonds is 1. The molecule has 1 aliphatic heterocycles. The molecule has 0 aromatic rings. The van der Waals surface area contributed by atoms with Crippen molar-refractivity contribution in [3.05, 3.63) is 11.9 Å². The zero-order valence-corrected chi connectivity index (χ0v) is 7.75. The van der Waals surface area contributed by atoms with Crippen molar-refractivity contribution in [2.75, 3.05) is 7.05 Å². The van der Waals surface area contributed by atoms with Crippen LogP contribution in [0, 0.1) is 0 Å². The standard InChI is InChI=1S/C7H10N2O2S/c1-6-3-8-7(4-9(6)2)5-12(10)11/h3-6H,1-2H3. The quantitative estimate of drug-likeness (QED) is 0.538. The van der Waals surface area contributed by atoms with Crippen molar-refractivity contribution < 1.29 is 8.42 Å². The third-order valence-corrected chi connectivity index (χ3v) is 2.07. The SMILES string of the molecule is CC1C=NC(C=S(=O)=O)=CN1C. The number of hydrogen-bond donors (Lipinski definition) is 0. The minimum absolute atomic E-state index is 0.224. The molecular weight excluding hydrogens is 176 g/mol. The van der Waals surface area contributed by atoms with E-state index >= 15 is 0 Å². The fourth-order valence-corrected chi connectivity index (χ4v) is 1.14. The van der Waals surface area contributed by atoms with Crippen molar-refractivity contribution in [2.45, 2.75) is 13.0 Å². The Kier molecular flexibility index (Phi) is 2.65. The molecule has 12 heavy (non-hydrogen) atoms. The molecule has 0 radical (unpaired) electrons. The molecule has 0 bridgehead atoms. The first kappa shape index (κ1) is 8.99. The molecule has 1 aliphatic rings. The van der Waals surface area contributed by atoms with E-state index < -0.39 is 10.3 Å². The molecule has 0 aromatic heterocycles. The number of nitrogens with zero attached hydrogens (tertiary/aromatic N) is 2. The van der Waals surface area contributed by atoms with Gasteiger partial charge in [0.05, 0.1) is 17.1 Å². The normalized spacial score (nSPS) is 22.0. The van der Waals surface area contributed by atoms with Crippen LogP contribution < -0.4 is 0 Å². The average molecular weight is 186 g/mol. The maximum Gasteiger partial charge on any atom is 0.216 e. The summed E-state index contributed by atoms with van der Waals surface area (Å²) in [4.78, 5) is 5.84. The number of hydrogen-bond acceptors (Lipinski definition) is 4. The van der Waals surface area contributed by atoms with Crippen LogP contribution in [0.1, 0.15) is 6.92 Å². The third kappa shape index (κ3) is 2.20. The predicted octanol–water partition coefficient (Wildman–Crippen LogP) is -0.0862. The fourth-order valence-electron chi connectivity index (χ4n) is 0.818. The highest BCUT2D eigenvalue weighted by molar-refractivity contribution is 7.71. The van der Waals surface area contributed by atoms with E-state index in [1.165, 1.54) is 0 Å². The second-order valence-electron chi connectivity index (χ2n) is 2.62. The summed E-state index contributed by atoms with van der Waals surface area (Å²) >= 11 is 0. The first-order valence-electron chi connectivity index (χ1n) is 3.50. The summed E-state index contributed by atoms with van der Waals surface area (Å²) in [7, 11) is -0.301. The predicted molar refractivity (Wildman–Crippen MR) is 48.8 cm³/mol. The Bertz CT molecular complexity index is 346. The molecule has 0 N–H and O–H groups in total. The van der Waals surface area contributed by atoms with E-state index in [0.717, 1.165) is 5.37 Å².